The van der Waals surface area contributed by atoms with E-state index in [-0.39, 0.29) is 36.9 Å². The number of esters is 2. The minimum atomic E-state index is -0.908. The standard InChI is InChI=1S/C22H27N3O6/c1-3-30-19(27)17-13-23-21(29)24-18(17)14-31-20(28)22(16-7-5-4-6-8-16)9-11-25(12-10-22)15(2)26/h4-8H,3,9-14H2,1-2H3,(H2,23,24,29). The van der Waals surface area contributed by atoms with Crippen LogP contribution in [0.3, 0.4) is 0 Å². The predicted molar refractivity (Wildman–Crippen MR) is 111 cm³/mol. The molecule has 2 N–H and O–H groups in total. The van der Waals surface area contributed by atoms with E-state index >= 15 is 0 Å². The Morgan fingerprint density at radius 1 is 1.10 bits per heavy atom. The van der Waals surface area contributed by atoms with E-state index in [0.29, 0.717) is 25.9 Å². The highest BCUT2D eigenvalue weighted by Crippen LogP contribution is 2.37. The fourth-order valence-electron chi connectivity index (χ4n) is 3.92. The minimum Gasteiger partial charge on any atom is -0.463 e. The van der Waals surface area contributed by atoms with Crippen LogP contribution < -0.4 is 10.6 Å². The van der Waals surface area contributed by atoms with Gasteiger partial charge in [0.1, 0.15) is 6.61 Å². The van der Waals surface area contributed by atoms with E-state index < -0.39 is 23.4 Å². The van der Waals surface area contributed by atoms with Crippen LogP contribution >= 0.6 is 0 Å². The second kappa shape index (κ2) is 9.63. The van der Waals surface area contributed by atoms with Gasteiger partial charge in [0.05, 0.1) is 29.8 Å². The molecule has 1 fully saturated rings. The number of rotatable bonds is 6. The van der Waals surface area contributed by atoms with E-state index in [1.807, 2.05) is 30.3 Å². The number of likely N-dealkylation sites (tertiary alicyclic amines) is 1. The van der Waals surface area contributed by atoms with Gasteiger partial charge in [0, 0.05) is 20.0 Å². The molecule has 2 aliphatic heterocycles. The third kappa shape index (κ3) is 4.87. The average Bonchev–Trinajstić information content (AvgIpc) is 2.78. The first kappa shape index (κ1) is 22.3. The summed E-state index contributed by atoms with van der Waals surface area (Å²) < 4.78 is 10.7. The Labute approximate surface area is 180 Å². The third-order valence-corrected chi connectivity index (χ3v) is 5.70. The largest absolute Gasteiger partial charge is 0.463 e. The summed E-state index contributed by atoms with van der Waals surface area (Å²) in [6.45, 7) is 4.00. The van der Waals surface area contributed by atoms with Gasteiger partial charge >= 0.3 is 18.0 Å². The summed E-state index contributed by atoms with van der Waals surface area (Å²) in [7, 11) is 0. The molecular weight excluding hydrogens is 402 g/mol. The van der Waals surface area contributed by atoms with Crippen LogP contribution in [0.5, 0.6) is 0 Å². The second-order valence-corrected chi connectivity index (χ2v) is 7.52. The number of benzene rings is 1. The molecule has 2 heterocycles. The van der Waals surface area contributed by atoms with Gasteiger partial charge in [0.15, 0.2) is 0 Å². The molecule has 1 aromatic rings. The van der Waals surface area contributed by atoms with Crippen molar-refractivity contribution in [3.63, 3.8) is 0 Å². The maximum atomic E-state index is 13.3. The number of nitrogens with zero attached hydrogens (tertiary/aromatic N) is 1. The van der Waals surface area contributed by atoms with Crippen LogP contribution in [0.2, 0.25) is 0 Å². The molecule has 1 aromatic carbocycles. The number of urea groups is 1. The summed E-state index contributed by atoms with van der Waals surface area (Å²) >= 11 is 0. The Morgan fingerprint density at radius 2 is 1.77 bits per heavy atom. The lowest BCUT2D eigenvalue weighted by Crippen LogP contribution is -2.50. The molecular formula is C22H27N3O6. The maximum Gasteiger partial charge on any atom is 0.337 e. The van der Waals surface area contributed by atoms with E-state index in [4.69, 9.17) is 9.47 Å². The smallest absolute Gasteiger partial charge is 0.337 e. The molecule has 3 amide bonds. The number of piperidine rings is 1. The van der Waals surface area contributed by atoms with E-state index in [2.05, 4.69) is 10.6 Å². The monoisotopic (exact) mass is 429 g/mol. The zero-order chi connectivity index (χ0) is 22.4. The molecule has 2 aliphatic rings. The van der Waals surface area contributed by atoms with E-state index in [9.17, 15) is 19.2 Å². The molecule has 0 radical (unpaired) electrons. The fraction of sp³-hybridized carbons (Fsp3) is 0.455. The van der Waals surface area contributed by atoms with Crippen LogP contribution in [0.4, 0.5) is 4.79 Å². The van der Waals surface area contributed by atoms with E-state index in [1.54, 1.807) is 11.8 Å². The lowest BCUT2D eigenvalue weighted by Gasteiger charge is -2.40. The van der Waals surface area contributed by atoms with Crippen molar-refractivity contribution < 1.29 is 28.7 Å². The Bertz CT molecular complexity index is 888. The number of carbonyl (C=O) groups is 4. The molecule has 31 heavy (non-hydrogen) atoms. The number of amides is 3. The van der Waals surface area contributed by atoms with Crippen LogP contribution in [-0.2, 0) is 29.3 Å². The fourth-order valence-corrected chi connectivity index (χ4v) is 3.92. The van der Waals surface area contributed by atoms with Crippen molar-refractivity contribution in [3.05, 3.63) is 47.2 Å². The van der Waals surface area contributed by atoms with Crippen LogP contribution in [0.25, 0.3) is 0 Å². The zero-order valence-electron chi connectivity index (χ0n) is 17.7. The van der Waals surface area contributed by atoms with Gasteiger partial charge in [0.25, 0.3) is 0 Å². The van der Waals surface area contributed by atoms with Crippen molar-refractivity contribution in [2.75, 3.05) is 32.8 Å². The van der Waals surface area contributed by atoms with Gasteiger partial charge in [-0.1, -0.05) is 30.3 Å². The van der Waals surface area contributed by atoms with Crippen molar-refractivity contribution in [1.29, 1.82) is 0 Å². The maximum absolute atomic E-state index is 13.3. The van der Waals surface area contributed by atoms with E-state index in [0.717, 1.165) is 5.56 Å². The van der Waals surface area contributed by atoms with Gasteiger partial charge in [-0.3, -0.25) is 9.59 Å². The Morgan fingerprint density at radius 3 is 2.39 bits per heavy atom. The average molecular weight is 429 g/mol. The molecule has 0 unspecified atom stereocenters. The van der Waals surface area contributed by atoms with Crippen molar-refractivity contribution >= 4 is 23.9 Å². The van der Waals surface area contributed by atoms with Crippen LogP contribution in [0, 0.1) is 0 Å². The van der Waals surface area contributed by atoms with Gasteiger partial charge in [-0.15, -0.1) is 0 Å². The predicted octanol–water partition coefficient (Wildman–Crippen LogP) is 1.24. The summed E-state index contributed by atoms with van der Waals surface area (Å²) in [6.07, 6.45) is 0.847. The van der Waals surface area contributed by atoms with Gasteiger partial charge < -0.3 is 25.0 Å². The summed E-state index contributed by atoms with van der Waals surface area (Å²) in [5.74, 6) is -1.06. The first-order valence-corrected chi connectivity index (χ1v) is 10.3. The molecule has 0 aliphatic carbocycles. The number of nitrogens with one attached hydrogen (secondary N) is 2. The van der Waals surface area contributed by atoms with Gasteiger partial charge in [-0.2, -0.15) is 0 Å². The number of ether oxygens (including phenoxy) is 2. The summed E-state index contributed by atoms with van der Waals surface area (Å²) in [5, 5.41) is 5.05. The molecule has 3 rings (SSSR count). The molecule has 0 saturated carbocycles. The first-order chi connectivity index (χ1) is 14.9. The van der Waals surface area contributed by atoms with Crippen molar-refractivity contribution in [2.24, 2.45) is 0 Å². The van der Waals surface area contributed by atoms with Crippen LogP contribution in [0.1, 0.15) is 32.3 Å². The van der Waals surface area contributed by atoms with Gasteiger partial charge in [-0.05, 0) is 25.3 Å². The molecule has 1 saturated heterocycles. The Balaban J connectivity index is 1.81. The molecule has 0 aromatic heterocycles. The highest BCUT2D eigenvalue weighted by molar-refractivity contribution is 5.94. The Hall–Kier alpha value is -3.36. The van der Waals surface area contributed by atoms with Crippen LogP contribution in [-0.4, -0.2) is 61.6 Å². The second-order valence-electron chi connectivity index (χ2n) is 7.52. The normalized spacial score (nSPS) is 18.0. The Kier molecular flexibility index (Phi) is 6.94. The molecule has 9 heteroatoms. The molecule has 0 spiro atoms. The zero-order valence-corrected chi connectivity index (χ0v) is 17.7. The van der Waals surface area contributed by atoms with Gasteiger partial charge in [0.2, 0.25) is 5.91 Å². The number of hydrogen-bond donors (Lipinski definition) is 2. The van der Waals surface area contributed by atoms with Crippen LogP contribution in [0.15, 0.2) is 41.6 Å². The van der Waals surface area contributed by atoms with Gasteiger partial charge in [-0.25, -0.2) is 9.59 Å². The van der Waals surface area contributed by atoms with Crippen molar-refractivity contribution in [3.8, 4) is 0 Å². The lowest BCUT2D eigenvalue weighted by molar-refractivity contribution is -0.153. The summed E-state index contributed by atoms with van der Waals surface area (Å²) in [6, 6.07) is 8.85. The SMILES string of the molecule is CCOC(=O)C1=C(COC(=O)C2(c3ccccc3)CCN(C(C)=O)CC2)NC(=O)NC1. The number of carbonyl (C=O) groups excluding carboxylic acids is 4. The number of hydrogen-bond acceptors (Lipinski definition) is 6. The third-order valence-electron chi connectivity index (χ3n) is 5.70. The molecule has 166 valence electrons. The lowest BCUT2D eigenvalue weighted by atomic mass is 9.72. The highest BCUT2D eigenvalue weighted by Gasteiger charge is 2.45. The highest BCUT2D eigenvalue weighted by atomic mass is 16.5. The minimum absolute atomic E-state index is 0.00501. The topological polar surface area (TPSA) is 114 Å². The summed E-state index contributed by atoms with van der Waals surface area (Å²) in [4.78, 5) is 50.7. The molecule has 0 bridgehead atoms. The summed E-state index contributed by atoms with van der Waals surface area (Å²) in [5.41, 5.74) is 0.334. The molecule has 0 atom stereocenters. The first-order valence-electron chi connectivity index (χ1n) is 10.3. The quantitative estimate of drug-likeness (QED) is 0.658. The molecule has 9 nitrogen and oxygen atoms in total. The van der Waals surface area contributed by atoms with Crippen molar-refractivity contribution in [1.82, 2.24) is 15.5 Å². The van der Waals surface area contributed by atoms with E-state index in [1.165, 1.54) is 6.92 Å². The van der Waals surface area contributed by atoms with Crippen molar-refractivity contribution in [2.45, 2.75) is 32.1 Å².